The number of hydrogen-bond donors (Lipinski definition) is 2. The van der Waals surface area contributed by atoms with Crippen LogP contribution in [0.3, 0.4) is 0 Å². The number of benzene rings is 2. The summed E-state index contributed by atoms with van der Waals surface area (Å²) in [6, 6.07) is 10.5. The lowest BCUT2D eigenvalue weighted by Crippen LogP contribution is -2.10. The highest BCUT2D eigenvalue weighted by molar-refractivity contribution is 5.98. The molecule has 0 fully saturated rings. The van der Waals surface area contributed by atoms with Gasteiger partial charge in [-0.05, 0) is 35.9 Å². The Hall–Kier alpha value is -3.48. The van der Waals surface area contributed by atoms with Crippen molar-refractivity contribution in [2.45, 2.75) is 6.23 Å². The van der Waals surface area contributed by atoms with Crippen LogP contribution >= 0.6 is 0 Å². The molecule has 1 heterocycles. The molecule has 0 aliphatic carbocycles. The van der Waals surface area contributed by atoms with Crippen LogP contribution in [0.2, 0.25) is 0 Å². The number of hydrogen-bond acceptors (Lipinski definition) is 6. The Bertz CT molecular complexity index is 890. The van der Waals surface area contributed by atoms with Gasteiger partial charge >= 0.3 is 11.9 Å². The zero-order valence-electron chi connectivity index (χ0n) is 14.2. The molecular formula is C19H17NO6. The summed E-state index contributed by atoms with van der Waals surface area (Å²) in [7, 11) is 2.96. The van der Waals surface area contributed by atoms with Crippen LogP contribution < -0.4 is 14.8 Å². The van der Waals surface area contributed by atoms with E-state index in [-0.39, 0.29) is 0 Å². The molecule has 0 unspecified atom stereocenters. The fourth-order valence-corrected chi connectivity index (χ4v) is 2.76. The molecule has 0 amide bonds. The number of cyclic esters (lactones) is 1. The van der Waals surface area contributed by atoms with Gasteiger partial charge in [0.05, 0.1) is 14.2 Å². The summed E-state index contributed by atoms with van der Waals surface area (Å²) in [6.45, 7) is 0. The van der Waals surface area contributed by atoms with E-state index in [1.807, 2.05) is 0 Å². The zero-order chi connectivity index (χ0) is 18.7. The number of aliphatic carboxylic acids is 1. The van der Waals surface area contributed by atoms with Crippen molar-refractivity contribution in [3.05, 3.63) is 59.2 Å². The Kier molecular flexibility index (Phi) is 4.79. The van der Waals surface area contributed by atoms with Crippen molar-refractivity contribution in [1.82, 2.24) is 0 Å². The minimum Gasteiger partial charge on any atom is -0.493 e. The highest BCUT2D eigenvalue weighted by Gasteiger charge is 2.35. The molecule has 7 nitrogen and oxygen atoms in total. The molecule has 0 saturated heterocycles. The normalized spacial score (nSPS) is 15.5. The first-order valence-corrected chi connectivity index (χ1v) is 7.77. The van der Waals surface area contributed by atoms with Crippen molar-refractivity contribution < 1.29 is 28.9 Å². The van der Waals surface area contributed by atoms with Gasteiger partial charge in [-0.3, -0.25) is 0 Å². The molecule has 3 rings (SSSR count). The van der Waals surface area contributed by atoms with Gasteiger partial charge in [0.2, 0.25) is 6.23 Å². The Morgan fingerprint density at radius 1 is 1.23 bits per heavy atom. The van der Waals surface area contributed by atoms with Crippen molar-refractivity contribution in [3.63, 3.8) is 0 Å². The van der Waals surface area contributed by atoms with Crippen molar-refractivity contribution >= 4 is 23.7 Å². The summed E-state index contributed by atoms with van der Waals surface area (Å²) in [4.78, 5) is 22.9. The third-order valence-electron chi connectivity index (χ3n) is 3.89. The van der Waals surface area contributed by atoms with Gasteiger partial charge in [0, 0.05) is 17.3 Å². The number of carboxylic acid groups (broad SMARTS) is 1. The second kappa shape index (κ2) is 7.18. The molecule has 7 heteroatoms. The van der Waals surface area contributed by atoms with E-state index in [0.717, 1.165) is 6.08 Å². The number of rotatable bonds is 6. The molecule has 0 bridgehead atoms. The number of fused-ring (bicyclic) bond motifs is 1. The highest BCUT2D eigenvalue weighted by Crippen LogP contribution is 2.42. The molecule has 2 aromatic rings. The Balaban J connectivity index is 1.89. The number of carboxylic acids is 1. The average molecular weight is 355 g/mol. The molecule has 2 N–H and O–H groups in total. The molecule has 1 atom stereocenters. The fraction of sp³-hybridized carbons (Fsp3) is 0.158. The quantitative estimate of drug-likeness (QED) is 0.607. The number of nitrogens with one attached hydrogen (secondary N) is 1. The van der Waals surface area contributed by atoms with Crippen molar-refractivity contribution in [1.29, 1.82) is 0 Å². The largest absolute Gasteiger partial charge is 0.493 e. The van der Waals surface area contributed by atoms with Crippen LogP contribution in [0.1, 0.15) is 27.7 Å². The van der Waals surface area contributed by atoms with Gasteiger partial charge in [-0.25, -0.2) is 9.59 Å². The second-order valence-corrected chi connectivity index (χ2v) is 5.49. The van der Waals surface area contributed by atoms with Crippen LogP contribution in [-0.2, 0) is 9.53 Å². The van der Waals surface area contributed by atoms with Gasteiger partial charge in [-0.1, -0.05) is 12.1 Å². The Labute approximate surface area is 149 Å². The van der Waals surface area contributed by atoms with E-state index in [1.54, 1.807) is 36.4 Å². The Morgan fingerprint density at radius 3 is 2.73 bits per heavy atom. The summed E-state index contributed by atoms with van der Waals surface area (Å²) in [5, 5.41) is 11.8. The standard InChI is InChI=1S/C19H17NO6/c1-24-14-8-7-13-16(17(14)25-2)19(23)26-18(13)20-12-5-3-4-11(10-12)6-9-15(21)22/h3-10,18,20H,1-2H3,(H,21,22)/b9-6+/t18-/m1/s1. The molecule has 0 aromatic heterocycles. The van der Waals surface area contributed by atoms with Crippen LogP contribution in [0, 0.1) is 0 Å². The number of methoxy groups -OCH3 is 2. The first-order chi connectivity index (χ1) is 12.5. The maximum absolute atomic E-state index is 12.3. The van der Waals surface area contributed by atoms with E-state index >= 15 is 0 Å². The first-order valence-electron chi connectivity index (χ1n) is 7.77. The third-order valence-corrected chi connectivity index (χ3v) is 3.89. The lowest BCUT2D eigenvalue weighted by Gasteiger charge is -2.15. The summed E-state index contributed by atoms with van der Waals surface area (Å²) in [6.07, 6.45) is 1.85. The molecular weight excluding hydrogens is 338 g/mol. The minimum atomic E-state index is -1.02. The first kappa shape index (κ1) is 17.3. The molecule has 0 saturated carbocycles. The summed E-state index contributed by atoms with van der Waals surface area (Å²) in [5.74, 6) is -0.750. The van der Waals surface area contributed by atoms with Gasteiger partial charge in [-0.15, -0.1) is 0 Å². The van der Waals surface area contributed by atoms with E-state index < -0.39 is 18.2 Å². The average Bonchev–Trinajstić information content (AvgIpc) is 2.95. The van der Waals surface area contributed by atoms with Crippen molar-refractivity contribution in [2.75, 3.05) is 19.5 Å². The number of anilines is 1. The lowest BCUT2D eigenvalue weighted by atomic mass is 10.1. The van der Waals surface area contributed by atoms with Crippen molar-refractivity contribution in [3.8, 4) is 11.5 Å². The minimum absolute atomic E-state index is 0.325. The lowest BCUT2D eigenvalue weighted by molar-refractivity contribution is -0.131. The molecule has 1 aliphatic rings. The predicted octanol–water partition coefficient (Wildman–Crippen LogP) is 3.08. The molecule has 26 heavy (non-hydrogen) atoms. The fourth-order valence-electron chi connectivity index (χ4n) is 2.76. The SMILES string of the molecule is COc1ccc2c(c1OC)C(=O)O[C@H]2Nc1cccc(/C=C/C(=O)O)c1. The van der Waals surface area contributed by atoms with E-state index in [9.17, 15) is 9.59 Å². The molecule has 0 spiro atoms. The molecule has 1 aliphatic heterocycles. The van der Waals surface area contributed by atoms with Crippen LogP contribution in [0.25, 0.3) is 6.08 Å². The van der Waals surface area contributed by atoms with Crippen LogP contribution in [0.4, 0.5) is 5.69 Å². The maximum Gasteiger partial charge on any atom is 0.344 e. The topological polar surface area (TPSA) is 94.1 Å². The number of carbonyl (C=O) groups is 2. The van der Waals surface area contributed by atoms with Gasteiger partial charge in [-0.2, -0.15) is 0 Å². The second-order valence-electron chi connectivity index (χ2n) is 5.49. The van der Waals surface area contributed by atoms with Crippen LogP contribution in [0.15, 0.2) is 42.5 Å². The number of ether oxygens (including phenoxy) is 3. The van der Waals surface area contributed by atoms with E-state index in [0.29, 0.717) is 33.9 Å². The third kappa shape index (κ3) is 3.32. The van der Waals surface area contributed by atoms with Gasteiger partial charge in [0.25, 0.3) is 0 Å². The van der Waals surface area contributed by atoms with Crippen molar-refractivity contribution in [2.24, 2.45) is 0 Å². The van der Waals surface area contributed by atoms with E-state index in [4.69, 9.17) is 19.3 Å². The monoisotopic (exact) mass is 355 g/mol. The molecule has 134 valence electrons. The van der Waals surface area contributed by atoms with E-state index in [2.05, 4.69) is 5.32 Å². The van der Waals surface area contributed by atoms with E-state index in [1.165, 1.54) is 20.3 Å². The molecule has 0 radical (unpaired) electrons. The van der Waals surface area contributed by atoms with Gasteiger partial charge in [0.15, 0.2) is 11.5 Å². The van der Waals surface area contributed by atoms with Gasteiger partial charge in [0.1, 0.15) is 5.56 Å². The van der Waals surface area contributed by atoms with Crippen LogP contribution in [0.5, 0.6) is 11.5 Å². The molecule has 2 aromatic carbocycles. The van der Waals surface area contributed by atoms with Crippen LogP contribution in [-0.4, -0.2) is 31.3 Å². The number of carbonyl (C=O) groups excluding carboxylic acids is 1. The number of esters is 1. The zero-order valence-corrected chi connectivity index (χ0v) is 14.2. The smallest absolute Gasteiger partial charge is 0.344 e. The summed E-state index contributed by atoms with van der Waals surface area (Å²) in [5.41, 5.74) is 2.35. The predicted molar refractivity (Wildman–Crippen MR) is 94.4 cm³/mol. The summed E-state index contributed by atoms with van der Waals surface area (Å²) >= 11 is 0. The summed E-state index contributed by atoms with van der Waals surface area (Å²) < 4.78 is 15.9. The van der Waals surface area contributed by atoms with Gasteiger partial charge < -0.3 is 24.6 Å². The Morgan fingerprint density at radius 2 is 2.04 bits per heavy atom. The highest BCUT2D eigenvalue weighted by atomic mass is 16.6. The maximum atomic E-state index is 12.3.